The lowest BCUT2D eigenvalue weighted by Crippen LogP contribution is -2.26. The molecule has 0 radical (unpaired) electrons. The Labute approximate surface area is 86.0 Å². The van der Waals surface area contributed by atoms with Crippen molar-refractivity contribution >= 4 is 11.9 Å². The molecule has 2 heterocycles. The molecule has 0 spiro atoms. The molecule has 1 aromatic rings. The monoisotopic (exact) mass is 212 g/mol. The van der Waals surface area contributed by atoms with E-state index in [9.17, 15) is 4.79 Å². The summed E-state index contributed by atoms with van der Waals surface area (Å²) in [6, 6.07) is 0. The van der Waals surface area contributed by atoms with Gasteiger partial charge in [0.15, 0.2) is 0 Å². The number of esters is 1. The molecule has 7 heteroatoms. The van der Waals surface area contributed by atoms with Crippen molar-refractivity contribution in [3.05, 3.63) is 5.82 Å². The molecule has 15 heavy (non-hydrogen) atoms. The fourth-order valence-corrected chi connectivity index (χ4v) is 1.37. The normalized spacial score (nSPS) is 17.6. The molecular weight excluding hydrogens is 200 g/mol. The standard InChI is InChI=1S/C8H12N4O3/c9-8-10-6(11-12-8)7(13)15-5-1-3-14-4-2-5/h5H,1-4H2,(H3,9,10,11,12). The molecule has 1 fully saturated rings. The van der Waals surface area contributed by atoms with Crippen LogP contribution in [0.1, 0.15) is 23.5 Å². The van der Waals surface area contributed by atoms with Crippen molar-refractivity contribution in [2.45, 2.75) is 18.9 Å². The Morgan fingerprint density at radius 1 is 1.53 bits per heavy atom. The molecule has 7 nitrogen and oxygen atoms in total. The van der Waals surface area contributed by atoms with Crippen LogP contribution in [0.15, 0.2) is 0 Å². The van der Waals surface area contributed by atoms with Gasteiger partial charge in [0.2, 0.25) is 11.8 Å². The van der Waals surface area contributed by atoms with Crippen LogP contribution in [0.25, 0.3) is 0 Å². The van der Waals surface area contributed by atoms with Crippen molar-refractivity contribution < 1.29 is 14.3 Å². The van der Waals surface area contributed by atoms with Crippen molar-refractivity contribution in [2.75, 3.05) is 18.9 Å². The first-order valence-electron chi connectivity index (χ1n) is 4.72. The Morgan fingerprint density at radius 3 is 2.87 bits per heavy atom. The highest BCUT2D eigenvalue weighted by atomic mass is 16.6. The maximum atomic E-state index is 11.5. The molecular formula is C8H12N4O3. The Bertz CT molecular complexity index is 345. The lowest BCUT2D eigenvalue weighted by Gasteiger charge is -2.21. The second kappa shape index (κ2) is 4.26. The number of nitrogen functional groups attached to an aromatic ring is 1. The quantitative estimate of drug-likeness (QED) is 0.653. The molecule has 1 aromatic heterocycles. The van der Waals surface area contributed by atoms with Crippen molar-refractivity contribution in [1.82, 2.24) is 15.2 Å². The zero-order chi connectivity index (χ0) is 10.7. The number of aromatic amines is 1. The lowest BCUT2D eigenvalue weighted by molar-refractivity contribution is -0.0167. The van der Waals surface area contributed by atoms with E-state index >= 15 is 0 Å². The summed E-state index contributed by atoms with van der Waals surface area (Å²) in [6.07, 6.45) is 1.34. The fraction of sp³-hybridized carbons (Fsp3) is 0.625. The van der Waals surface area contributed by atoms with Gasteiger partial charge in [-0.05, 0) is 0 Å². The molecule has 0 unspecified atom stereocenters. The molecule has 0 saturated carbocycles. The van der Waals surface area contributed by atoms with E-state index in [1.54, 1.807) is 0 Å². The summed E-state index contributed by atoms with van der Waals surface area (Å²) < 4.78 is 10.3. The number of aromatic nitrogens is 3. The Morgan fingerprint density at radius 2 is 2.27 bits per heavy atom. The van der Waals surface area contributed by atoms with Crippen LogP contribution in [0.5, 0.6) is 0 Å². The molecule has 2 rings (SSSR count). The van der Waals surface area contributed by atoms with Gasteiger partial charge in [0.1, 0.15) is 6.10 Å². The fourth-order valence-electron chi connectivity index (χ4n) is 1.37. The van der Waals surface area contributed by atoms with Crippen LogP contribution in [-0.4, -0.2) is 40.5 Å². The summed E-state index contributed by atoms with van der Waals surface area (Å²) in [4.78, 5) is 15.2. The van der Waals surface area contributed by atoms with E-state index in [1.165, 1.54) is 0 Å². The van der Waals surface area contributed by atoms with Gasteiger partial charge < -0.3 is 15.2 Å². The molecule has 1 aliphatic heterocycles. The first-order chi connectivity index (χ1) is 7.25. The van der Waals surface area contributed by atoms with Gasteiger partial charge in [-0.15, -0.1) is 5.10 Å². The molecule has 0 aromatic carbocycles. The molecule has 0 bridgehead atoms. The zero-order valence-corrected chi connectivity index (χ0v) is 8.10. The van der Waals surface area contributed by atoms with E-state index in [0.29, 0.717) is 13.2 Å². The number of nitrogens with zero attached hydrogens (tertiary/aromatic N) is 2. The van der Waals surface area contributed by atoms with Gasteiger partial charge in [-0.3, -0.25) is 5.10 Å². The number of hydrogen-bond acceptors (Lipinski definition) is 6. The third kappa shape index (κ3) is 2.44. The third-order valence-corrected chi connectivity index (χ3v) is 2.14. The SMILES string of the molecule is Nc1n[nH]c(C(=O)OC2CCOCC2)n1. The summed E-state index contributed by atoms with van der Waals surface area (Å²) in [6.45, 7) is 1.24. The Kier molecular flexibility index (Phi) is 2.82. The number of ether oxygens (including phenoxy) is 2. The molecule has 82 valence electrons. The van der Waals surface area contributed by atoms with E-state index in [2.05, 4.69) is 15.2 Å². The molecule has 1 saturated heterocycles. The van der Waals surface area contributed by atoms with E-state index in [-0.39, 0.29) is 17.9 Å². The number of carbonyl (C=O) groups is 1. The van der Waals surface area contributed by atoms with Crippen LogP contribution in [0.3, 0.4) is 0 Å². The number of rotatable bonds is 2. The average Bonchev–Trinajstić information content (AvgIpc) is 2.66. The van der Waals surface area contributed by atoms with Gasteiger partial charge in [0.25, 0.3) is 0 Å². The van der Waals surface area contributed by atoms with Crippen molar-refractivity contribution in [3.63, 3.8) is 0 Å². The average molecular weight is 212 g/mol. The summed E-state index contributed by atoms with van der Waals surface area (Å²) in [5, 5.41) is 5.95. The number of H-pyrrole nitrogens is 1. The minimum absolute atomic E-state index is 0.0360. The summed E-state index contributed by atoms with van der Waals surface area (Å²) in [5.74, 6) is -0.445. The van der Waals surface area contributed by atoms with Gasteiger partial charge in [0.05, 0.1) is 13.2 Å². The second-order valence-corrected chi connectivity index (χ2v) is 3.26. The highest BCUT2D eigenvalue weighted by molar-refractivity contribution is 5.85. The molecule has 1 aliphatic rings. The van der Waals surface area contributed by atoms with E-state index in [4.69, 9.17) is 15.2 Å². The largest absolute Gasteiger partial charge is 0.456 e. The van der Waals surface area contributed by atoms with Crippen molar-refractivity contribution in [1.29, 1.82) is 0 Å². The molecule has 3 N–H and O–H groups in total. The van der Waals surface area contributed by atoms with Gasteiger partial charge in [-0.25, -0.2) is 4.79 Å². The second-order valence-electron chi connectivity index (χ2n) is 3.26. The van der Waals surface area contributed by atoms with Gasteiger partial charge in [-0.1, -0.05) is 0 Å². The van der Waals surface area contributed by atoms with Gasteiger partial charge in [-0.2, -0.15) is 4.98 Å². The number of nitrogens with one attached hydrogen (secondary N) is 1. The van der Waals surface area contributed by atoms with Crippen LogP contribution < -0.4 is 5.73 Å². The maximum Gasteiger partial charge on any atom is 0.376 e. The van der Waals surface area contributed by atoms with Gasteiger partial charge in [0, 0.05) is 12.8 Å². The number of carbonyl (C=O) groups excluding carboxylic acids is 1. The first kappa shape index (κ1) is 9.91. The third-order valence-electron chi connectivity index (χ3n) is 2.14. The van der Waals surface area contributed by atoms with Crippen LogP contribution in [0, 0.1) is 0 Å². The topological polar surface area (TPSA) is 103 Å². The maximum absolute atomic E-state index is 11.5. The zero-order valence-electron chi connectivity index (χ0n) is 8.10. The molecule has 0 amide bonds. The lowest BCUT2D eigenvalue weighted by atomic mass is 10.1. The minimum atomic E-state index is -0.522. The van der Waals surface area contributed by atoms with Crippen molar-refractivity contribution in [3.8, 4) is 0 Å². The highest BCUT2D eigenvalue weighted by Gasteiger charge is 2.21. The first-order valence-corrected chi connectivity index (χ1v) is 4.72. The predicted octanol–water partition coefficient (Wildman–Crippen LogP) is -0.277. The molecule has 0 aliphatic carbocycles. The molecule has 0 atom stereocenters. The summed E-state index contributed by atoms with van der Waals surface area (Å²) >= 11 is 0. The highest BCUT2D eigenvalue weighted by Crippen LogP contribution is 2.12. The number of anilines is 1. The number of hydrogen-bond donors (Lipinski definition) is 2. The van der Waals surface area contributed by atoms with E-state index in [0.717, 1.165) is 12.8 Å². The Balaban J connectivity index is 1.91. The smallest absolute Gasteiger partial charge is 0.376 e. The summed E-state index contributed by atoms with van der Waals surface area (Å²) in [7, 11) is 0. The number of nitrogens with two attached hydrogens (primary N) is 1. The predicted molar refractivity (Wildman–Crippen MR) is 50.1 cm³/mol. The van der Waals surface area contributed by atoms with E-state index in [1.807, 2.05) is 0 Å². The summed E-state index contributed by atoms with van der Waals surface area (Å²) in [5.41, 5.74) is 5.27. The minimum Gasteiger partial charge on any atom is -0.456 e. The van der Waals surface area contributed by atoms with Crippen LogP contribution in [0.2, 0.25) is 0 Å². The van der Waals surface area contributed by atoms with Crippen LogP contribution >= 0.6 is 0 Å². The van der Waals surface area contributed by atoms with Gasteiger partial charge >= 0.3 is 5.97 Å². The Hall–Kier alpha value is -1.63. The van der Waals surface area contributed by atoms with Crippen LogP contribution in [0.4, 0.5) is 5.95 Å². The van der Waals surface area contributed by atoms with Crippen molar-refractivity contribution in [2.24, 2.45) is 0 Å². The van der Waals surface area contributed by atoms with E-state index < -0.39 is 5.97 Å². The van der Waals surface area contributed by atoms with Crippen LogP contribution in [-0.2, 0) is 9.47 Å².